The SMILES string of the molecule is CCCC[Si](C)(C)OC[C@H]1O[C@@H](n2cnc3c(=O)[nH]c(NC(=O)C(C)C)nc32)C[C@@H]1O. The van der Waals surface area contributed by atoms with Crippen LogP contribution in [0.1, 0.15) is 46.3 Å². The molecule has 0 unspecified atom stereocenters. The van der Waals surface area contributed by atoms with Gasteiger partial charge in [0.2, 0.25) is 11.9 Å². The van der Waals surface area contributed by atoms with E-state index >= 15 is 0 Å². The summed E-state index contributed by atoms with van der Waals surface area (Å²) < 4.78 is 13.8. The number of carbonyl (C=O) groups is 1. The first-order chi connectivity index (χ1) is 14.6. The predicted molar refractivity (Wildman–Crippen MR) is 119 cm³/mol. The molecule has 1 amide bonds. The molecule has 0 spiro atoms. The summed E-state index contributed by atoms with van der Waals surface area (Å²) in [5.41, 5.74) is -0.0161. The van der Waals surface area contributed by atoms with Crippen molar-refractivity contribution in [3.8, 4) is 0 Å². The van der Waals surface area contributed by atoms with E-state index in [1.807, 2.05) is 0 Å². The number of amides is 1. The van der Waals surface area contributed by atoms with Crippen LogP contribution in [0.3, 0.4) is 0 Å². The lowest BCUT2D eigenvalue weighted by molar-refractivity contribution is -0.118. The number of carbonyl (C=O) groups excluding carboxylic acids is 1. The Bertz CT molecular complexity index is 973. The molecule has 172 valence electrons. The van der Waals surface area contributed by atoms with Crippen molar-refractivity contribution in [3.63, 3.8) is 0 Å². The standard InChI is InChI=1S/C20H33N5O5Si/c1-6-7-8-31(4,5)29-10-14-13(26)9-15(30-14)25-11-21-16-17(25)22-20(24-19(16)28)23-18(27)12(2)3/h11-15,26H,6-10H2,1-5H3,(H2,22,23,24,27,28)/t13-,14+,15+/m0/s1. The number of rotatable bonds is 9. The zero-order chi connectivity index (χ0) is 22.8. The van der Waals surface area contributed by atoms with E-state index in [-0.39, 0.29) is 23.3 Å². The van der Waals surface area contributed by atoms with Crippen molar-refractivity contribution in [2.24, 2.45) is 5.92 Å². The van der Waals surface area contributed by atoms with Gasteiger partial charge in [-0.1, -0.05) is 33.6 Å². The van der Waals surface area contributed by atoms with Gasteiger partial charge in [0, 0.05) is 12.3 Å². The zero-order valence-electron chi connectivity index (χ0n) is 18.8. The zero-order valence-corrected chi connectivity index (χ0v) is 19.8. The van der Waals surface area contributed by atoms with Crippen molar-refractivity contribution in [2.75, 3.05) is 11.9 Å². The molecule has 0 bridgehead atoms. The number of aliphatic hydroxyl groups is 1. The summed E-state index contributed by atoms with van der Waals surface area (Å²) in [5, 5.41) is 13.1. The molecule has 0 radical (unpaired) electrons. The van der Waals surface area contributed by atoms with Crippen LogP contribution in [-0.2, 0) is 14.0 Å². The minimum absolute atomic E-state index is 0.0556. The minimum Gasteiger partial charge on any atom is -0.415 e. The summed E-state index contributed by atoms with van der Waals surface area (Å²) in [5.74, 6) is -0.460. The number of nitrogens with zero attached hydrogens (tertiary/aromatic N) is 3. The number of hydrogen-bond acceptors (Lipinski definition) is 7. The molecule has 0 aliphatic carbocycles. The molecule has 11 heteroatoms. The van der Waals surface area contributed by atoms with Gasteiger partial charge in [0.25, 0.3) is 5.56 Å². The molecular weight excluding hydrogens is 418 g/mol. The molecule has 1 aliphatic rings. The highest BCUT2D eigenvalue weighted by Gasteiger charge is 2.37. The monoisotopic (exact) mass is 451 g/mol. The van der Waals surface area contributed by atoms with Crippen LogP contribution < -0.4 is 10.9 Å². The van der Waals surface area contributed by atoms with Crippen molar-refractivity contribution >= 4 is 31.3 Å². The van der Waals surface area contributed by atoms with Gasteiger partial charge < -0.3 is 14.3 Å². The summed E-state index contributed by atoms with van der Waals surface area (Å²) in [7, 11) is -1.80. The minimum atomic E-state index is -1.80. The first kappa shape index (κ1) is 23.6. The number of anilines is 1. The number of unbranched alkanes of at least 4 members (excludes halogenated alkanes) is 1. The molecule has 1 fully saturated rings. The van der Waals surface area contributed by atoms with E-state index < -0.39 is 32.3 Å². The largest absolute Gasteiger partial charge is 0.415 e. The Morgan fingerprint density at radius 3 is 2.90 bits per heavy atom. The third kappa shape index (κ3) is 5.59. The second-order valence-corrected chi connectivity index (χ2v) is 13.3. The van der Waals surface area contributed by atoms with E-state index in [9.17, 15) is 14.7 Å². The van der Waals surface area contributed by atoms with Crippen LogP contribution in [0.15, 0.2) is 11.1 Å². The van der Waals surface area contributed by atoms with Crippen LogP contribution in [0, 0.1) is 5.92 Å². The molecule has 0 saturated carbocycles. The number of aromatic amines is 1. The van der Waals surface area contributed by atoms with Crippen molar-refractivity contribution in [2.45, 2.75) is 77.6 Å². The van der Waals surface area contributed by atoms with Gasteiger partial charge in [-0.2, -0.15) is 4.98 Å². The number of hydrogen-bond donors (Lipinski definition) is 3. The van der Waals surface area contributed by atoms with Gasteiger partial charge >= 0.3 is 0 Å². The average Bonchev–Trinajstić information content (AvgIpc) is 3.28. The van der Waals surface area contributed by atoms with Gasteiger partial charge in [-0.05, 0) is 19.1 Å². The van der Waals surface area contributed by atoms with Gasteiger partial charge in [0.1, 0.15) is 12.3 Å². The van der Waals surface area contributed by atoms with Gasteiger partial charge in [0.05, 0.1) is 19.0 Å². The highest BCUT2D eigenvalue weighted by atomic mass is 28.4. The molecule has 3 atom stereocenters. The predicted octanol–water partition coefficient (Wildman–Crippen LogP) is 2.38. The van der Waals surface area contributed by atoms with E-state index in [1.54, 1.807) is 18.4 Å². The summed E-state index contributed by atoms with van der Waals surface area (Å²) in [6, 6.07) is 1.07. The van der Waals surface area contributed by atoms with E-state index in [4.69, 9.17) is 9.16 Å². The number of aromatic nitrogens is 4. The van der Waals surface area contributed by atoms with Crippen molar-refractivity contribution in [1.82, 2.24) is 19.5 Å². The maximum Gasteiger partial charge on any atom is 0.280 e. The van der Waals surface area contributed by atoms with Gasteiger partial charge in [-0.15, -0.1) is 0 Å². The first-order valence-corrected chi connectivity index (χ1v) is 14.0. The third-order valence-electron chi connectivity index (χ3n) is 5.48. The van der Waals surface area contributed by atoms with Crippen LogP contribution in [0.5, 0.6) is 0 Å². The maximum atomic E-state index is 12.4. The maximum absolute atomic E-state index is 12.4. The molecule has 3 heterocycles. The fourth-order valence-electron chi connectivity index (χ4n) is 3.48. The lowest BCUT2D eigenvalue weighted by atomic mass is 10.2. The quantitative estimate of drug-likeness (QED) is 0.499. The molecule has 2 aromatic heterocycles. The smallest absolute Gasteiger partial charge is 0.280 e. The average molecular weight is 452 g/mol. The molecule has 10 nitrogen and oxygen atoms in total. The molecule has 0 aromatic carbocycles. The van der Waals surface area contributed by atoms with Crippen LogP contribution in [0.25, 0.3) is 11.2 Å². The molecule has 2 aromatic rings. The summed E-state index contributed by atoms with van der Waals surface area (Å²) in [6.45, 7) is 10.3. The number of nitrogens with one attached hydrogen (secondary N) is 2. The Labute approximate surface area is 182 Å². The molecular formula is C20H33N5O5Si. The summed E-state index contributed by atoms with van der Waals surface area (Å²) >= 11 is 0. The second-order valence-electron chi connectivity index (χ2n) is 8.99. The number of ether oxygens (including phenoxy) is 1. The Kier molecular flexibility index (Phi) is 7.30. The van der Waals surface area contributed by atoms with Crippen LogP contribution >= 0.6 is 0 Å². The third-order valence-corrected chi connectivity index (χ3v) is 7.99. The fraction of sp³-hybridized carbons (Fsp3) is 0.700. The van der Waals surface area contributed by atoms with Gasteiger partial charge in [0.15, 0.2) is 19.5 Å². The first-order valence-electron chi connectivity index (χ1n) is 10.9. The molecule has 3 rings (SSSR count). The van der Waals surface area contributed by atoms with Gasteiger partial charge in [-0.25, -0.2) is 4.98 Å². The van der Waals surface area contributed by atoms with Crippen molar-refractivity contribution in [1.29, 1.82) is 0 Å². The van der Waals surface area contributed by atoms with E-state index in [0.29, 0.717) is 18.7 Å². The number of imidazole rings is 1. The van der Waals surface area contributed by atoms with Crippen molar-refractivity contribution in [3.05, 3.63) is 16.7 Å². The lowest BCUT2D eigenvalue weighted by Gasteiger charge is -2.25. The van der Waals surface area contributed by atoms with Crippen LogP contribution in [-0.4, -0.2) is 57.7 Å². The van der Waals surface area contributed by atoms with E-state index in [2.05, 4.69) is 40.3 Å². The Balaban J connectivity index is 1.75. The second kappa shape index (κ2) is 9.59. The number of aliphatic hydroxyl groups excluding tert-OH is 1. The normalized spacial score (nSPS) is 21.8. The highest BCUT2D eigenvalue weighted by molar-refractivity contribution is 6.71. The fourth-order valence-corrected chi connectivity index (χ4v) is 5.44. The van der Waals surface area contributed by atoms with Gasteiger partial charge in [-0.3, -0.25) is 24.5 Å². The summed E-state index contributed by atoms with van der Waals surface area (Å²) in [4.78, 5) is 35.4. The Hall–Kier alpha value is -2.08. The highest BCUT2D eigenvalue weighted by Crippen LogP contribution is 2.31. The molecule has 1 saturated heterocycles. The van der Waals surface area contributed by atoms with Crippen LogP contribution in [0.4, 0.5) is 5.95 Å². The topological polar surface area (TPSA) is 131 Å². The van der Waals surface area contributed by atoms with E-state index in [1.165, 1.54) is 6.33 Å². The van der Waals surface area contributed by atoms with Crippen molar-refractivity contribution < 1.29 is 19.1 Å². The Morgan fingerprint density at radius 2 is 2.23 bits per heavy atom. The number of fused-ring (bicyclic) bond motifs is 1. The Morgan fingerprint density at radius 1 is 1.48 bits per heavy atom. The summed E-state index contributed by atoms with van der Waals surface area (Å²) in [6.07, 6.45) is 2.38. The lowest BCUT2D eigenvalue weighted by Crippen LogP contribution is -2.36. The molecule has 3 N–H and O–H groups in total. The molecule has 31 heavy (non-hydrogen) atoms. The van der Waals surface area contributed by atoms with Crippen LogP contribution in [0.2, 0.25) is 19.1 Å². The number of H-pyrrole nitrogens is 1. The molecule has 1 aliphatic heterocycles. The van der Waals surface area contributed by atoms with E-state index in [0.717, 1.165) is 18.9 Å².